The van der Waals surface area contributed by atoms with Gasteiger partial charge in [-0.2, -0.15) is 0 Å². The van der Waals surface area contributed by atoms with Crippen LogP contribution in [-0.4, -0.2) is 6.29 Å². The van der Waals surface area contributed by atoms with Gasteiger partial charge >= 0.3 is 0 Å². The molecule has 0 aliphatic carbocycles. The summed E-state index contributed by atoms with van der Waals surface area (Å²) in [5.74, 6) is 0. The molecule has 0 aliphatic rings. The number of aldehydes is 1. The fourth-order valence-electron chi connectivity index (χ4n) is 2.46. The standard InChI is InChI=1S/C17H27NO/c1-4-5-6-7-8-9-10-15-11-16(12-19)13(2)14(3)17(15)18/h11-12H,4-10,18H2,1-3H3. The van der Waals surface area contributed by atoms with Crippen molar-refractivity contribution in [1.82, 2.24) is 0 Å². The van der Waals surface area contributed by atoms with Gasteiger partial charge in [0.2, 0.25) is 0 Å². The van der Waals surface area contributed by atoms with Crippen molar-refractivity contribution in [3.05, 3.63) is 28.3 Å². The molecule has 0 fully saturated rings. The molecule has 2 N–H and O–H groups in total. The van der Waals surface area contributed by atoms with Gasteiger partial charge in [-0.1, -0.05) is 39.0 Å². The summed E-state index contributed by atoms with van der Waals surface area (Å²) in [6, 6.07) is 1.97. The lowest BCUT2D eigenvalue weighted by Crippen LogP contribution is -2.03. The quantitative estimate of drug-likeness (QED) is 0.422. The Morgan fingerprint density at radius 1 is 1.05 bits per heavy atom. The Morgan fingerprint density at radius 3 is 2.32 bits per heavy atom. The maximum Gasteiger partial charge on any atom is 0.150 e. The number of aryl methyl sites for hydroxylation is 1. The van der Waals surface area contributed by atoms with E-state index in [2.05, 4.69) is 6.92 Å². The first-order chi connectivity index (χ1) is 9.11. The molecule has 1 aromatic carbocycles. The molecule has 0 atom stereocenters. The van der Waals surface area contributed by atoms with Crippen LogP contribution in [0.2, 0.25) is 0 Å². The van der Waals surface area contributed by atoms with Gasteiger partial charge in [-0.3, -0.25) is 4.79 Å². The molecule has 0 saturated heterocycles. The van der Waals surface area contributed by atoms with Crippen molar-refractivity contribution in [2.45, 2.75) is 65.7 Å². The van der Waals surface area contributed by atoms with Gasteiger partial charge in [0.1, 0.15) is 6.29 Å². The van der Waals surface area contributed by atoms with E-state index in [9.17, 15) is 4.79 Å². The van der Waals surface area contributed by atoms with Crippen molar-refractivity contribution in [3.63, 3.8) is 0 Å². The molecule has 0 aromatic heterocycles. The summed E-state index contributed by atoms with van der Waals surface area (Å²) in [6.07, 6.45) is 9.59. The molecule has 106 valence electrons. The lowest BCUT2D eigenvalue weighted by atomic mass is 9.94. The van der Waals surface area contributed by atoms with Crippen LogP contribution in [0.3, 0.4) is 0 Å². The molecule has 0 aliphatic heterocycles. The number of benzene rings is 1. The SMILES string of the molecule is CCCCCCCCc1cc(C=O)c(C)c(C)c1N. The number of anilines is 1. The van der Waals surface area contributed by atoms with Crippen molar-refractivity contribution in [2.24, 2.45) is 0 Å². The van der Waals surface area contributed by atoms with Gasteiger partial charge in [0, 0.05) is 11.3 Å². The van der Waals surface area contributed by atoms with Crippen LogP contribution >= 0.6 is 0 Å². The van der Waals surface area contributed by atoms with Gasteiger partial charge in [-0.25, -0.2) is 0 Å². The molecule has 0 heterocycles. The van der Waals surface area contributed by atoms with Gasteiger partial charge in [-0.05, 0) is 49.4 Å². The number of carbonyl (C=O) groups is 1. The normalized spacial score (nSPS) is 10.7. The van der Waals surface area contributed by atoms with Crippen molar-refractivity contribution in [3.8, 4) is 0 Å². The van der Waals surface area contributed by atoms with Gasteiger partial charge in [0.15, 0.2) is 0 Å². The van der Waals surface area contributed by atoms with Crippen LogP contribution in [0.4, 0.5) is 5.69 Å². The third-order valence-electron chi connectivity index (χ3n) is 4.00. The van der Waals surface area contributed by atoms with E-state index in [1.807, 2.05) is 19.9 Å². The van der Waals surface area contributed by atoms with E-state index >= 15 is 0 Å². The molecular weight excluding hydrogens is 234 g/mol. The monoisotopic (exact) mass is 261 g/mol. The van der Waals surface area contributed by atoms with Crippen LogP contribution in [0.25, 0.3) is 0 Å². The first-order valence-corrected chi connectivity index (χ1v) is 7.45. The van der Waals surface area contributed by atoms with E-state index in [0.29, 0.717) is 0 Å². The first kappa shape index (κ1) is 15.7. The van der Waals surface area contributed by atoms with Crippen LogP contribution in [0.5, 0.6) is 0 Å². The number of hydrogen-bond acceptors (Lipinski definition) is 2. The van der Waals surface area contributed by atoms with Crippen molar-refractivity contribution >= 4 is 12.0 Å². The summed E-state index contributed by atoms with van der Waals surface area (Å²) in [5.41, 5.74) is 11.0. The summed E-state index contributed by atoms with van der Waals surface area (Å²) in [6.45, 7) is 6.20. The zero-order valence-corrected chi connectivity index (χ0v) is 12.6. The Kier molecular flexibility index (Phi) is 6.61. The summed E-state index contributed by atoms with van der Waals surface area (Å²) in [5, 5.41) is 0. The Morgan fingerprint density at radius 2 is 1.68 bits per heavy atom. The largest absolute Gasteiger partial charge is 0.398 e. The maximum absolute atomic E-state index is 11.1. The molecule has 1 aromatic rings. The molecule has 19 heavy (non-hydrogen) atoms. The zero-order chi connectivity index (χ0) is 14.3. The molecule has 0 unspecified atom stereocenters. The summed E-state index contributed by atoms with van der Waals surface area (Å²) >= 11 is 0. The number of unbranched alkanes of at least 4 members (excludes halogenated alkanes) is 5. The fourth-order valence-corrected chi connectivity index (χ4v) is 2.46. The van der Waals surface area contributed by atoms with Crippen LogP contribution in [0, 0.1) is 13.8 Å². The van der Waals surface area contributed by atoms with Gasteiger partial charge < -0.3 is 5.73 Å². The fraction of sp³-hybridized carbons (Fsp3) is 0.588. The number of hydrogen-bond donors (Lipinski definition) is 1. The van der Waals surface area contributed by atoms with E-state index < -0.39 is 0 Å². The highest BCUT2D eigenvalue weighted by Gasteiger charge is 2.09. The topological polar surface area (TPSA) is 43.1 Å². The number of nitrogen functional groups attached to an aromatic ring is 1. The molecule has 2 nitrogen and oxygen atoms in total. The molecule has 2 heteroatoms. The second-order valence-corrected chi connectivity index (χ2v) is 5.42. The maximum atomic E-state index is 11.1. The Labute approximate surface area is 117 Å². The molecule has 1 rings (SSSR count). The minimum absolute atomic E-state index is 0.785. The van der Waals surface area contributed by atoms with E-state index in [-0.39, 0.29) is 0 Å². The number of carbonyl (C=O) groups excluding carboxylic acids is 1. The van der Waals surface area contributed by atoms with E-state index in [4.69, 9.17) is 5.73 Å². The number of nitrogens with two attached hydrogens (primary N) is 1. The van der Waals surface area contributed by atoms with E-state index in [0.717, 1.165) is 47.1 Å². The Bertz CT molecular complexity index is 424. The van der Waals surface area contributed by atoms with Crippen molar-refractivity contribution in [2.75, 3.05) is 5.73 Å². The third kappa shape index (κ3) is 4.38. The highest BCUT2D eigenvalue weighted by molar-refractivity contribution is 5.80. The predicted molar refractivity (Wildman–Crippen MR) is 82.8 cm³/mol. The lowest BCUT2D eigenvalue weighted by molar-refractivity contribution is 0.112. The van der Waals surface area contributed by atoms with Crippen LogP contribution < -0.4 is 5.73 Å². The van der Waals surface area contributed by atoms with Crippen LogP contribution in [0.1, 0.15) is 72.5 Å². The minimum Gasteiger partial charge on any atom is -0.398 e. The van der Waals surface area contributed by atoms with Crippen LogP contribution in [-0.2, 0) is 6.42 Å². The third-order valence-corrected chi connectivity index (χ3v) is 4.00. The second kappa shape index (κ2) is 7.98. The predicted octanol–water partition coefficient (Wildman–Crippen LogP) is 4.60. The summed E-state index contributed by atoms with van der Waals surface area (Å²) in [7, 11) is 0. The average Bonchev–Trinajstić information content (AvgIpc) is 2.42. The Hall–Kier alpha value is -1.31. The minimum atomic E-state index is 0.785. The first-order valence-electron chi connectivity index (χ1n) is 7.45. The lowest BCUT2D eigenvalue weighted by Gasteiger charge is -2.13. The van der Waals surface area contributed by atoms with Crippen molar-refractivity contribution in [1.29, 1.82) is 0 Å². The zero-order valence-electron chi connectivity index (χ0n) is 12.6. The van der Waals surface area contributed by atoms with Crippen molar-refractivity contribution < 1.29 is 4.79 Å². The van der Waals surface area contributed by atoms with Gasteiger partial charge in [-0.15, -0.1) is 0 Å². The van der Waals surface area contributed by atoms with E-state index in [1.54, 1.807) is 0 Å². The van der Waals surface area contributed by atoms with Crippen LogP contribution in [0.15, 0.2) is 6.07 Å². The molecular formula is C17H27NO. The molecule has 0 bridgehead atoms. The molecule has 0 radical (unpaired) electrons. The second-order valence-electron chi connectivity index (χ2n) is 5.42. The van der Waals surface area contributed by atoms with E-state index in [1.165, 1.54) is 32.1 Å². The highest BCUT2D eigenvalue weighted by Crippen LogP contribution is 2.25. The Balaban J connectivity index is 2.58. The average molecular weight is 261 g/mol. The van der Waals surface area contributed by atoms with Gasteiger partial charge in [0.25, 0.3) is 0 Å². The molecule has 0 amide bonds. The smallest absolute Gasteiger partial charge is 0.150 e. The molecule has 0 spiro atoms. The number of rotatable bonds is 8. The van der Waals surface area contributed by atoms with Gasteiger partial charge in [0.05, 0.1) is 0 Å². The summed E-state index contributed by atoms with van der Waals surface area (Å²) in [4.78, 5) is 11.1. The highest BCUT2D eigenvalue weighted by atomic mass is 16.1. The molecule has 0 saturated carbocycles. The summed E-state index contributed by atoms with van der Waals surface area (Å²) < 4.78 is 0.